The highest BCUT2D eigenvalue weighted by atomic mass is 16.5. The van der Waals surface area contributed by atoms with Crippen LogP contribution in [0.3, 0.4) is 0 Å². The van der Waals surface area contributed by atoms with Crippen molar-refractivity contribution in [3.05, 3.63) is 57.6 Å². The molecule has 2 aromatic rings. The van der Waals surface area contributed by atoms with Crippen molar-refractivity contribution in [2.45, 2.75) is 13.3 Å². The van der Waals surface area contributed by atoms with Gasteiger partial charge in [0.2, 0.25) is 0 Å². The van der Waals surface area contributed by atoms with Gasteiger partial charge in [0.25, 0.3) is 0 Å². The zero-order valence-electron chi connectivity index (χ0n) is 7.91. The lowest BCUT2D eigenvalue weighted by molar-refractivity contribution is 0.386. The maximum absolute atomic E-state index is 11.2. The Labute approximate surface area is 81.3 Å². The lowest BCUT2D eigenvalue weighted by atomic mass is 10.1. The summed E-state index contributed by atoms with van der Waals surface area (Å²) in [5.74, 6) is 0. The summed E-state index contributed by atoms with van der Waals surface area (Å²) in [5, 5.41) is 2.57. The molecular weight excluding hydrogens is 178 g/mol. The monoisotopic (exact) mass is 189 g/mol. The van der Waals surface area contributed by atoms with E-state index >= 15 is 0 Å². The fourth-order valence-electron chi connectivity index (χ4n) is 1.40. The van der Waals surface area contributed by atoms with Gasteiger partial charge in [0.1, 0.15) is 0 Å². The van der Waals surface area contributed by atoms with Crippen LogP contribution >= 0.6 is 0 Å². The standard InChI is InChI=1S/C11H11NO2/c1-8-10(11(13)14-12-8)7-9-5-3-2-4-6-9/h2-6,12H,7H2,1H3. The number of hydrogen-bond acceptors (Lipinski definition) is 2. The molecular formula is C11H11NO2. The summed E-state index contributed by atoms with van der Waals surface area (Å²) in [6, 6.07) is 9.85. The Morgan fingerprint density at radius 3 is 2.57 bits per heavy atom. The van der Waals surface area contributed by atoms with Crippen molar-refractivity contribution in [2.24, 2.45) is 0 Å². The van der Waals surface area contributed by atoms with Gasteiger partial charge in [0.05, 0.1) is 11.3 Å². The van der Waals surface area contributed by atoms with E-state index < -0.39 is 0 Å². The Morgan fingerprint density at radius 1 is 1.29 bits per heavy atom. The van der Waals surface area contributed by atoms with Crippen molar-refractivity contribution in [1.29, 1.82) is 0 Å². The largest absolute Gasteiger partial charge is 0.360 e. The molecule has 0 radical (unpaired) electrons. The van der Waals surface area contributed by atoms with Gasteiger partial charge in [-0.1, -0.05) is 30.3 Å². The van der Waals surface area contributed by atoms with E-state index in [0.717, 1.165) is 11.3 Å². The summed E-state index contributed by atoms with van der Waals surface area (Å²) in [7, 11) is 0. The molecule has 72 valence electrons. The normalized spacial score (nSPS) is 10.4. The molecule has 0 aliphatic heterocycles. The van der Waals surface area contributed by atoms with Crippen LogP contribution in [0, 0.1) is 6.92 Å². The number of aromatic amines is 1. The topological polar surface area (TPSA) is 46.0 Å². The molecule has 1 heterocycles. The molecule has 3 heteroatoms. The second kappa shape index (κ2) is 3.54. The van der Waals surface area contributed by atoms with Gasteiger partial charge in [-0.15, -0.1) is 0 Å². The SMILES string of the molecule is Cc1[nH]oc(=O)c1Cc1ccccc1. The predicted molar refractivity (Wildman–Crippen MR) is 53.3 cm³/mol. The Bertz CT molecular complexity index is 468. The molecule has 0 amide bonds. The number of H-pyrrole nitrogens is 1. The van der Waals surface area contributed by atoms with E-state index in [9.17, 15) is 4.79 Å². The van der Waals surface area contributed by atoms with E-state index in [1.807, 2.05) is 37.3 Å². The molecule has 14 heavy (non-hydrogen) atoms. The molecule has 0 aliphatic rings. The molecule has 0 spiro atoms. The van der Waals surface area contributed by atoms with Crippen molar-refractivity contribution < 1.29 is 4.52 Å². The highest BCUT2D eigenvalue weighted by Crippen LogP contribution is 2.08. The number of aryl methyl sites for hydroxylation is 1. The minimum Gasteiger partial charge on any atom is -0.339 e. The van der Waals surface area contributed by atoms with Gasteiger partial charge in [-0.05, 0) is 12.5 Å². The third kappa shape index (κ3) is 1.62. The number of hydrogen-bond donors (Lipinski definition) is 1. The molecule has 0 atom stereocenters. The molecule has 0 aliphatic carbocycles. The van der Waals surface area contributed by atoms with Crippen LogP contribution in [0.4, 0.5) is 0 Å². The lowest BCUT2D eigenvalue weighted by Gasteiger charge is -1.96. The minimum absolute atomic E-state index is 0.272. The van der Waals surface area contributed by atoms with Gasteiger partial charge < -0.3 is 4.52 Å². The smallest absolute Gasteiger partial charge is 0.339 e. The Kier molecular flexibility index (Phi) is 2.23. The van der Waals surface area contributed by atoms with Crippen molar-refractivity contribution in [1.82, 2.24) is 5.16 Å². The quantitative estimate of drug-likeness (QED) is 0.783. The molecule has 1 aromatic heterocycles. The number of nitrogens with one attached hydrogen (secondary N) is 1. The molecule has 0 saturated carbocycles. The molecule has 3 nitrogen and oxygen atoms in total. The van der Waals surface area contributed by atoms with Crippen LogP contribution in [-0.4, -0.2) is 5.16 Å². The van der Waals surface area contributed by atoms with Crippen molar-refractivity contribution in [2.75, 3.05) is 0 Å². The fourth-order valence-corrected chi connectivity index (χ4v) is 1.40. The van der Waals surface area contributed by atoms with Gasteiger partial charge in [0.15, 0.2) is 0 Å². The van der Waals surface area contributed by atoms with E-state index in [-0.39, 0.29) is 5.63 Å². The highest BCUT2D eigenvalue weighted by Gasteiger charge is 2.08. The summed E-state index contributed by atoms with van der Waals surface area (Å²) in [4.78, 5) is 11.2. The van der Waals surface area contributed by atoms with E-state index in [4.69, 9.17) is 0 Å². The number of rotatable bonds is 2. The molecule has 1 aromatic carbocycles. The average Bonchev–Trinajstić information content (AvgIpc) is 2.51. The van der Waals surface area contributed by atoms with Crippen molar-refractivity contribution >= 4 is 0 Å². The van der Waals surface area contributed by atoms with Crippen LogP contribution in [0.5, 0.6) is 0 Å². The van der Waals surface area contributed by atoms with Gasteiger partial charge in [0, 0.05) is 6.42 Å². The predicted octanol–water partition coefficient (Wildman–Crippen LogP) is 1.87. The third-order valence-corrected chi connectivity index (χ3v) is 2.22. The summed E-state index contributed by atoms with van der Waals surface area (Å²) in [6.45, 7) is 1.84. The summed E-state index contributed by atoms with van der Waals surface area (Å²) >= 11 is 0. The summed E-state index contributed by atoms with van der Waals surface area (Å²) in [6.07, 6.45) is 0.624. The highest BCUT2D eigenvalue weighted by molar-refractivity contribution is 5.25. The Morgan fingerprint density at radius 2 is 2.00 bits per heavy atom. The maximum Gasteiger partial charge on any atom is 0.360 e. The molecule has 0 fully saturated rings. The summed E-state index contributed by atoms with van der Waals surface area (Å²) in [5.41, 5.74) is 2.35. The van der Waals surface area contributed by atoms with Gasteiger partial charge in [-0.2, -0.15) is 0 Å². The second-order valence-electron chi connectivity index (χ2n) is 3.26. The number of benzene rings is 1. The average molecular weight is 189 g/mol. The Hall–Kier alpha value is -1.77. The zero-order chi connectivity index (χ0) is 9.97. The first-order chi connectivity index (χ1) is 6.77. The van der Waals surface area contributed by atoms with E-state index in [1.54, 1.807) is 0 Å². The first-order valence-corrected chi connectivity index (χ1v) is 4.48. The first kappa shape index (κ1) is 8.81. The maximum atomic E-state index is 11.2. The van der Waals surface area contributed by atoms with E-state index in [2.05, 4.69) is 9.68 Å². The van der Waals surface area contributed by atoms with Gasteiger partial charge >= 0.3 is 5.63 Å². The van der Waals surface area contributed by atoms with Gasteiger partial charge in [-0.25, -0.2) is 9.95 Å². The first-order valence-electron chi connectivity index (χ1n) is 4.48. The van der Waals surface area contributed by atoms with Crippen LogP contribution in [-0.2, 0) is 6.42 Å². The zero-order valence-corrected chi connectivity index (χ0v) is 7.91. The van der Waals surface area contributed by atoms with Crippen LogP contribution in [0.1, 0.15) is 16.8 Å². The molecule has 1 N–H and O–H groups in total. The third-order valence-electron chi connectivity index (χ3n) is 2.22. The van der Waals surface area contributed by atoms with E-state index in [0.29, 0.717) is 12.0 Å². The van der Waals surface area contributed by atoms with Crippen molar-refractivity contribution in [3.8, 4) is 0 Å². The van der Waals surface area contributed by atoms with E-state index in [1.165, 1.54) is 0 Å². The number of aromatic nitrogens is 1. The molecule has 2 rings (SSSR count). The molecule has 0 bridgehead atoms. The molecule has 0 saturated heterocycles. The Balaban J connectivity index is 2.32. The van der Waals surface area contributed by atoms with Crippen LogP contribution < -0.4 is 5.63 Å². The summed E-state index contributed by atoms with van der Waals surface area (Å²) < 4.78 is 4.69. The molecule has 0 unspecified atom stereocenters. The second-order valence-corrected chi connectivity index (χ2v) is 3.26. The van der Waals surface area contributed by atoms with Crippen LogP contribution in [0.2, 0.25) is 0 Å². The van der Waals surface area contributed by atoms with Gasteiger partial charge in [-0.3, -0.25) is 0 Å². The minimum atomic E-state index is -0.272. The van der Waals surface area contributed by atoms with Crippen LogP contribution in [0.15, 0.2) is 39.6 Å². The van der Waals surface area contributed by atoms with Crippen LogP contribution in [0.25, 0.3) is 0 Å². The van der Waals surface area contributed by atoms with Crippen molar-refractivity contribution in [3.63, 3.8) is 0 Å². The lowest BCUT2D eigenvalue weighted by Crippen LogP contribution is -2.03. The fraction of sp³-hybridized carbons (Fsp3) is 0.182.